The average Bonchev–Trinajstić information content (AvgIpc) is 2.56. The molecule has 1 fully saturated rings. The highest BCUT2D eigenvalue weighted by Crippen LogP contribution is 2.29. The number of hydrogen-bond acceptors (Lipinski definition) is 2. The molecule has 15 heavy (non-hydrogen) atoms. The molecule has 0 amide bonds. The van der Waals surface area contributed by atoms with E-state index in [2.05, 4.69) is 23.4 Å². The minimum absolute atomic E-state index is 0.711. The molecule has 2 nitrogen and oxygen atoms in total. The molecular formula is C12H20N2S. The summed E-state index contributed by atoms with van der Waals surface area (Å²) in [5.74, 6) is 0. The molecular weight excluding hydrogens is 204 g/mol. The van der Waals surface area contributed by atoms with Crippen LogP contribution in [0, 0.1) is 13.8 Å². The van der Waals surface area contributed by atoms with Crippen molar-refractivity contribution in [1.82, 2.24) is 4.57 Å². The van der Waals surface area contributed by atoms with E-state index >= 15 is 0 Å². The lowest BCUT2D eigenvalue weighted by molar-refractivity contribution is 0.343. The Morgan fingerprint density at radius 2 is 1.87 bits per heavy atom. The van der Waals surface area contributed by atoms with Crippen LogP contribution < -0.4 is 4.80 Å². The van der Waals surface area contributed by atoms with Gasteiger partial charge in [0.15, 0.2) is 4.80 Å². The fourth-order valence-corrected chi connectivity index (χ4v) is 3.49. The SMILES string of the molecule is CN=c1sc(C)c(C)n1C1CCCCC1. The second-order valence-electron chi connectivity index (χ2n) is 4.41. The van der Waals surface area contributed by atoms with E-state index in [1.165, 1.54) is 47.5 Å². The van der Waals surface area contributed by atoms with Gasteiger partial charge in [-0.15, -0.1) is 11.3 Å². The largest absolute Gasteiger partial charge is 0.318 e. The van der Waals surface area contributed by atoms with Gasteiger partial charge < -0.3 is 4.57 Å². The monoisotopic (exact) mass is 224 g/mol. The smallest absolute Gasteiger partial charge is 0.185 e. The first-order chi connectivity index (χ1) is 7.24. The van der Waals surface area contributed by atoms with Crippen molar-refractivity contribution in [3.05, 3.63) is 15.4 Å². The predicted octanol–water partition coefficient (Wildman–Crippen LogP) is 3.20. The summed E-state index contributed by atoms with van der Waals surface area (Å²) < 4.78 is 2.47. The molecule has 0 bridgehead atoms. The van der Waals surface area contributed by atoms with Crippen LogP contribution in [-0.2, 0) is 0 Å². The number of thiazole rings is 1. The topological polar surface area (TPSA) is 17.3 Å². The molecule has 1 saturated carbocycles. The van der Waals surface area contributed by atoms with E-state index in [-0.39, 0.29) is 0 Å². The molecule has 1 aliphatic rings. The van der Waals surface area contributed by atoms with Crippen LogP contribution in [0.4, 0.5) is 0 Å². The summed E-state index contributed by atoms with van der Waals surface area (Å²) in [5.41, 5.74) is 1.42. The zero-order valence-corrected chi connectivity index (χ0v) is 10.7. The van der Waals surface area contributed by atoms with Gasteiger partial charge in [-0.3, -0.25) is 4.99 Å². The average molecular weight is 224 g/mol. The molecule has 0 radical (unpaired) electrons. The van der Waals surface area contributed by atoms with Crippen LogP contribution in [0.5, 0.6) is 0 Å². The third-order valence-electron chi connectivity index (χ3n) is 3.45. The molecule has 84 valence electrons. The van der Waals surface area contributed by atoms with Crippen molar-refractivity contribution in [2.45, 2.75) is 52.0 Å². The summed E-state index contributed by atoms with van der Waals surface area (Å²) in [4.78, 5) is 7.03. The normalized spacial score (nSPS) is 19.8. The molecule has 0 unspecified atom stereocenters. The van der Waals surface area contributed by atoms with Crippen molar-refractivity contribution >= 4 is 11.3 Å². The Morgan fingerprint density at radius 3 is 2.47 bits per heavy atom. The van der Waals surface area contributed by atoms with Gasteiger partial charge in [0, 0.05) is 23.7 Å². The molecule has 0 spiro atoms. The van der Waals surface area contributed by atoms with Gasteiger partial charge >= 0.3 is 0 Å². The van der Waals surface area contributed by atoms with E-state index in [4.69, 9.17) is 0 Å². The third-order valence-corrected chi connectivity index (χ3v) is 4.62. The first-order valence-corrected chi connectivity index (χ1v) is 6.67. The number of nitrogens with zero attached hydrogens (tertiary/aromatic N) is 2. The molecule has 3 heteroatoms. The maximum absolute atomic E-state index is 4.41. The maximum atomic E-state index is 4.41. The summed E-state index contributed by atoms with van der Waals surface area (Å²) in [6.45, 7) is 4.43. The Hall–Kier alpha value is -0.570. The number of aromatic nitrogens is 1. The van der Waals surface area contributed by atoms with Crippen LogP contribution in [0.2, 0.25) is 0 Å². The van der Waals surface area contributed by atoms with Crippen molar-refractivity contribution in [2.75, 3.05) is 7.05 Å². The number of hydrogen-bond donors (Lipinski definition) is 0. The molecule has 0 saturated heterocycles. The minimum Gasteiger partial charge on any atom is -0.318 e. The van der Waals surface area contributed by atoms with Crippen molar-refractivity contribution in [3.63, 3.8) is 0 Å². The zero-order chi connectivity index (χ0) is 10.8. The van der Waals surface area contributed by atoms with E-state index in [9.17, 15) is 0 Å². The Labute approximate surface area is 95.7 Å². The van der Waals surface area contributed by atoms with Crippen molar-refractivity contribution < 1.29 is 0 Å². The summed E-state index contributed by atoms with van der Waals surface area (Å²) >= 11 is 1.83. The molecule has 1 aromatic heterocycles. The van der Waals surface area contributed by atoms with Crippen LogP contribution in [0.1, 0.15) is 48.7 Å². The molecule has 0 aliphatic heterocycles. The van der Waals surface area contributed by atoms with Crippen LogP contribution in [0.25, 0.3) is 0 Å². The van der Waals surface area contributed by atoms with Crippen LogP contribution >= 0.6 is 11.3 Å². The highest BCUT2D eigenvalue weighted by Gasteiger charge is 2.18. The molecule has 0 atom stereocenters. The predicted molar refractivity (Wildman–Crippen MR) is 65.4 cm³/mol. The van der Waals surface area contributed by atoms with Gasteiger partial charge in [0.2, 0.25) is 0 Å². The maximum Gasteiger partial charge on any atom is 0.185 e. The second-order valence-corrected chi connectivity index (χ2v) is 5.59. The highest BCUT2D eigenvalue weighted by atomic mass is 32.1. The van der Waals surface area contributed by atoms with Gasteiger partial charge in [0.05, 0.1) is 0 Å². The van der Waals surface area contributed by atoms with E-state index < -0.39 is 0 Å². The minimum atomic E-state index is 0.711. The molecule has 0 aromatic carbocycles. The lowest BCUT2D eigenvalue weighted by Gasteiger charge is -2.24. The highest BCUT2D eigenvalue weighted by molar-refractivity contribution is 7.09. The van der Waals surface area contributed by atoms with Gasteiger partial charge in [0.25, 0.3) is 0 Å². The Morgan fingerprint density at radius 1 is 1.20 bits per heavy atom. The number of rotatable bonds is 1. The summed E-state index contributed by atoms with van der Waals surface area (Å²) in [7, 11) is 1.91. The first kappa shape index (κ1) is 10.9. The standard InChI is InChI=1S/C12H20N2S/c1-9-10(2)15-12(13-3)14(9)11-7-5-4-6-8-11/h11H,4-8H2,1-3H3. The summed E-state index contributed by atoms with van der Waals surface area (Å²) in [6, 6.07) is 0.711. The van der Waals surface area contributed by atoms with Gasteiger partial charge in [-0.25, -0.2) is 0 Å². The Balaban J connectivity index is 2.41. The molecule has 0 N–H and O–H groups in total. The van der Waals surface area contributed by atoms with Gasteiger partial charge in [-0.2, -0.15) is 0 Å². The molecule has 2 rings (SSSR count). The fourth-order valence-electron chi connectivity index (χ4n) is 2.50. The lowest BCUT2D eigenvalue weighted by atomic mass is 9.95. The van der Waals surface area contributed by atoms with Crippen LogP contribution in [0.3, 0.4) is 0 Å². The van der Waals surface area contributed by atoms with E-state index in [1.54, 1.807) is 0 Å². The zero-order valence-electron chi connectivity index (χ0n) is 9.92. The Kier molecular flexibility index (Phi) is 3.29. The molecule has 1 aliphatic carbocycles. The summed E-state index contributed by atoms with van der Waals surface area (Å²) in [5, 5.41) is 0. The summed E-state index contributed by atoms with van der Waals surface area (Å²) in [6.07, 6.45) is 6.86. The van der Waals surface area contributed by atoms with Crippen LogP contribution in [-0.4, -0.2) is 11.6 Å². The fraction of sp³-hybridized carbons (Fsp3) is 0.750. The first-order valence-electron chi connectivity index (χ1n) is 5.85. The Bertz CT molecular complexity index is 394. The second kappa shape index (κ2) is 4.52. The van der Waals surface area contributed by atoms with E-state index in [1.807, 2.05) is 18.4 Å². The lowest BCUT2D eigenvalue weighted by Crippen LogP contribution is -2.23. The van der Waals surface area contributed by atoms with E-state index in [0.717, 1.165) is 0 Å². The molecule has 1 aromatic rings. The number of aryl methyl sites for hydroxylation is 1. The van der Waals surface area contributed by atoms with Gasteiger partial charge in [0.1, 0.15) is 0 Å². The van der Waals surface area contributed by atoms with Crippen LogP contribution in [0.15, 0.2) is 4.99 Å². The van der Waals surface area contributed by atoms with Gasteiger partial charge in [-0.1, -0.05) is 19.3 Å². The quantitative estimate of drug-likeness (QED) is 0.697. The molecule has 1 heterocycles. The van der Waals surface area contributed by atoms with Crippen molar-refractivity contribution in [3.8, 4) is 0 Å². The van der Waals surface area contributed by atoms with Gasteiger partial charge in [-0.05, 0) is 26.7 Å². The third kappa shape index (κ3) is 2.03. The van der Waals surface area contributed by atoms with Crippen molar-refractivity contribution in [2.24, 2.45) is 4.99 Å². The van der Waals surface area contributed by atoms with E-state index in [0.29, 0.717) is 6.04 Å². The van der Waals surface area contributed by atoms with Crippen molar-refractivity contribution in [1.29, 1.82) is 0 Å².